The van der Waals surface area contributed by atoms with Crippen molar-refractivity contribution in [2.45, 2.75) is 24.7 Å². The number of alkyl halides is 3. The molecular weight excluding hydrogens is 297 g/mol. The first-order valence-corrected chi connectivity index (χ1v) is 7.09. The molecule has 2 bridgehead atoms. The molecule has 0 saturated carbocycles. The fourth-order valence-corrected chi connectivity index (χ4v) is 2.78. The van der Waals surface area contributed by atoms with Crippen molar-refractivity contribution >= 4 is 5.57 Å². The largest absolute Gasteiger partial charge is 0.468 e. The number of ether oxygens (including phenoxy) is 2. The summed E-state index contributed by atoms with van der Waals surface area (Å²) < 4.78 is 46.5. The molecule has 3 heterocycles. The number of morpholine rings is 1. The number of hydrogen-bond donors (Lipinski definition) is 0. The Morgan fingerprint density at radius 2 is 2.18 bits per heavy atom. The van der Waals surface area contributed by atoms with Crippen LogP contribution in [0.4, 0.5) is 13.2 Å². The van der Waals surface area contributed by atoms with Crippen molar-refractivity contribution in [3.63, 3.8) is 0 Å². The Morgan fingerprint density at radius 3 is 2.82 bits per heavy atom. The summed E-state index contributed by atoms with van der Waals surface area (Å²) in [6.07, 6.45) is 0.202. The zero-order valence-corrected chi connectivity index (χ0v) is 12.1. The summed E-state index contributed by atoms with van der Waals surface area (Å²) >= 11 is 0. The van der Waals surface area contributed by atoms with Crippen molar-refractivity contribution in [2.75, 3.05) is 26.9 Å². The van der Waals surface area contributed by atoms with Crippen LogP contribution < -0.4 is 4.74 Å². The second-order valence-corrected chi connectivity index (χ2v) is 5.61. The van der Waals surface area contributed by atoms with Crippen LogP contribution in [0, 0.1) is 0 Å². The van der Waals surface area contributed by atoms with Gasteiger partial charge in [0, 0.05) is 18.3 Å². The van der Waals surface area contributed by atoms with E-state index in [-0.39, 0.29) is 11.9 Å². The van der Waals surface area contributed by atoms with E-state index in [4.69, 9.17) is 4.74 Å². The van der Waals surface area contributed by atoms with Crippen molar-refractivity contribution < 1.29 is 22.6 Å². The van der Waals surface area contributed by atoms with Gasteiger partial charge in [-0.15, -0.1) is 0 Å². The molecular formula is C15H17F3N2O2. The molecule has 3 rings (SSSR count). The lowest BCUT2D eigenvalue weighted by Gasteiger charge is -2.42. The summed E-state index contributed by atoms with van der Waals surface area (Å²) in [5.41, 5.74) is 2.08. The van der Waals surface area contributed by atoms with E-state index in [1.54, 1.807) is 12.3 Å². The molecule has 2 atom stereocenters. The van der Waals surface area contributed by atoms with E-state index in [0.717, 1.165) is 17.6 Å². The number of rotatable bonds is 3. The number of aromatic nitrogens is 1. The van der Waals surface area contributed by atoms with Gasteiger partial charge in [-0.05, 0) is 30.7 Å². The van der Waals surface area contributed by atoms with Crippen LogP contribution in [0.15, 0.2) is 24.4 Å². The minimum absolute atomic E-state index is 0.0156. The lowest BCUT2D eigenvalue weighted by Crippen LogP contribution is -2.51. The normalized spacial score (nSPS) is 25.7. The topological polar surface area (TPSA) is 34.6 Å². The first kappa shape index (κ1) is 15.3. The number of fused-ring (bicyclic) bond motifs is 2. The average molecular weight is 314 g/mol. The molecule has 0 amide bonds. The fraction of sp³-hybridized carbons (Fsp3) is 0.533. The van der Waals surface area contributed by atoms with Gasteiger partial charge in [-0.1, -0.05) is 6.08 Å². The Hall–Kier alpha value is -1.60. The summed E-state index contributed by atoms with van der Waals surface area (Å²) in [4.78, 5) is 6.25. The molecule has 4 nitrogen and oxygen atoms in total. The Labute approximate surface area is 126 Å². The molecule has 0 aromatic carbocycles. The lowest BCUT2D eigenvalue weighted by molar-refractivity contribution is -0.154. The van der Waals surface area contributed by atoms with Gasteiger partial charge in [0.2, 0.25) is 5.88 Å². The SMILES string of the molecule is CN1C2C=C(c3ccc(OCC(F)(F)F)nc3)CC1COC2. The fourth-order valence-electron chi connectivity index (χ4n) is 2.78. The molecule has 1 saturated heterocycles. The molecule has 7 heteroatoms. The number of halogens is 3. The third-order valence-electron chi connectivity index (χ3n) is 4.04. The van der Waals surface area contributed by atoms with Gasteiger partial charge in [0.1, 0.15) is 0 Å². The highest BCUT2D eigenvalue weighted by atomic mass is 19.4. The number of pyridine rings is 1. The van der Waals surface area contributed by atoms with Gasteiger partial charge in [-0.25, -0.2) is 4.98 Å². The van der Waals surface area contributed by atoms with E-state index >= 15 is 0 Å². The van der Waals surface area contributed by atoms with Crippen molar-refractivity contribution in [1.82, 2.24) is 9.88 Å². The molecule has 1 aromatic heterocycles. The van der Waals surface area contributed by atoms with E-state index < -0.39 is 12.8 Å². The molecule has 0 spiro atoms. The summed E-state index contributed by atoms with van der Waals surface area (Å²) in [7, 11) is 2.08. The Balaban J connectivity index is 1.71. The third-order valence-corrected chi connectivity index (χ3v) is 4.04. The van der Waals surface area contributed by atoms with E-state index in [0.29, 0.717) is 19.3 Å². The van der Waals surface area contributed by atoms with Crippen molar-refractivity contribution in [3.05, 3.63) is 30.0 Å². The van der Waals surface area contributed by atoms with Crippen molar-refractivity contribution in [1.29, 1.82) is 0 Å². The molecule has 22 heavy (non-hydrogen) atoms. The van der Waals surface area contributed by atoms with Gasteiger partial charge >= 0.3 is 6.18 Å². The Morgan fingerprint density at radius 1 is 1.36 bits per heavy atom. The molecule has 0 aliphatic carbocycles. The maximum absolute atomic E-state index is 12.1. The van der Waals surface area contributed by atoms with Crippen LogP contribution in [-0.2, 0) is 4.74 Å². The Bertz CT molecular complexity index is 557. The van der Waals surface area contributed by atoms with Gasteiger partial charge in [0.05, 0.1) is 19.3 Å². The second kappa shape index (κ2) is 5.89. The van der Waals surface area contributed by atoms with E-state index in [2.05, 4.69) is 27.7 Å². The summed E-state index contributed by atoms with van der Waals surface area (Å²) in [6, 6.07) is 3.81. The predicted octanol–water partition coefficient (Wildman–Crippen LogP) is 2.51. The number of nitrogens with zero attached hydrogens (tertiary/aromatic N) is 2. The van der Waals surface area contributed by atoms with Gasteiger partial charge in [-0.3, -0.25) is 4.90 Å². The van der Waals surface area contributed by atoms with Crippen molar-refractivity contribution in [3.8, 4) is 5.88 Å². The van der Waals surface area contributed by atoms with Gasteiger partial charge in [0.15, 0.2) is 6.61 Å². The molecule has 0 radical (unpaired) electrons. The van der Waals surface area contributed by atoms with Crippen LogP contribution in [0.2, 0.25) is 0 Å². The monoisotopic (exact) mass is 314 g/mol. The van der Waals surface area contributed by atoms with Gasteiger partial charge in [-0.2, -0.15) is 13.2 Å². The van der Waals surface area contributed by atoms with E-state index in [1.807, 2.05) is 0 Å². The minimum Gasteiger partial charge on any atom is -0.468 e. The van der Waals surface area contributed by atoms with Crippen molar-refractivity contribution in [2.24, 2.45) is 0 Å². The van der Waals surface area contributed by atoms with Crippen LogP contribution in [0.1, 0.15) is 12.0 Å². The molecule has 120 valence electrons. The van der Waals surface area contributed by atoms with Gasteiger partial charge in [0.25, 0.3) is 0 Å². The zero-order chi connectivity index (χ0) is 15.7. The smallest absolute Gasteiger partial charge is 0.422 e. The number of likely N-dealkylation sites (N-methyl/N-ethyl adjacent to an activating group) is 1. The highest BCUT2D eigenvalue weighted by Gasteiger charge is 2.32. The highest BCUT2D eigenvalue weighted by molar-refractivity contribution is 5.67. The quantitative estimate of drug-likeness (QED) is 0.859. The van der Waals surface area contributed by atoms with E-state index in [9.17, 15) is 13.2 Å². The van der Waals surface area contributed by atoms with Crippen LogP contribution in [0.5, 0.6) is 5.88 Å². The molecule has 0 N–H and O–H groups in total. The molecule has 1 aromatic rings. The number of hydrogen-bond acceptors (Lipinski definition) is 4. The average Bonchev–Trinajstić information content (AvgIpc) is 2.45. The highest BCUT2D eigenvalue weighted by Crippen LogP contribution is 2.31. The molecule has 2 unspecified atom stereocenters. The van der Waals surface area contributed by atoms with Crippen LogP contribution in [0.25, 0.3) is 5.57 Å². The first-order chi connectivity index (χ1) is 10.4. The third kappa shape index (κ3) is 3.41. The lowest BCUT2D eigenvalue weighted by atomic mass is 9.91. The standard InChI is InChI=1S/C15H17F3N2O2/c1-20-12-4-11(5-13(20)8-21-7-12)10-2-3-14(19-6-10)22-9-15(16,17)18/h2-4,6,12-13H,5,7-9H2,1H3. The van der Waals surface area contributed by atoms with Gasteiger partial charge < -0.3 is 9.47 Å². The maximum Gasteiger partial charge on any atom is 0.422 e. The van der Waals surface area contributed by atoms with Crippen LogP contribution in [0.3, 0.4) is 0 Å². The second-order valence-electron chi connectivity index (χ2n) is 5.61. The Kier molecular flexibility index (Phi) is 4.10. The van der Waals surface area contributed by atoms with Crippen LogP contribution >= 0.6 is 0 Å². The summed E-state index contributed by atoms with van der Waals surface area (Å²) in [5.74, 6) is -0.0156. The zero-order valence-electron chi connectivity index (χ0n) is 12.1. The van der Waals surface area contributed by atoms with Crippen LogP contribution in [-0.4, -0.2) is 55.0 Å². The molecule has 2 aliphatic heterocycles. The first-order valence-electron chi connectivity index (χ1n) is 7.09. The summed E-state index contributed by atoms with van der Waals surface area (Å²) in [6.45, 7) is 0.0373. The maximum atomic E-state index is 12.1. The molecule has 1 fully saturated rings. The predicted molar refractivity (Wildman–Crippen MR) is 74.5 cm³/mol. The minimum atomic E-state index is -4.35. The van der Waals surface area contributed by atoms with E-state index in [1.165, 1.54) is 6.07 Å². The summed E-state index contributed by atoms with van der Waals surface area (Å²) in [5, 5.41) is 0. The molecule has 2 aliphatic rings.